The van der Waals surface area contributed by atoms with E-state index in [-0.39, 0.29) is 0 Å². The second-order valence-corrected chi connectivity index (χ2v) is 6.58. The fraction of sp³-hybridized carbons (Fsp3) is 0.700. The maximum Gasteiger partial charge on any atom is 0.122 e. The number of rotatable bonds is 9. The van der Waals surface area contributed by atoms with Gasteiger partial charge in [0.2, 0.25) is 0 Å². The van der Waals surface area contributed by atoms with Crippen molar-refractivity contribution in [1.82, 2.24) is 4.90 Å². The van der Waals surface area contributed by atoms with E-state index in [4.69, 9.17) is 9.47 Å². The van der Waals surface area contributed by atoms with Crippen LogP contribution in [0.3, 0.4) is 0 Å². The van der Waals surface area contributed by atoms with Gasteiger partial charge < -0.3 is 9.47 Å². The molecule has 130 valence electrons. The van der Waals surface area contributed by atoms with Gasteiger partial charge in [-0.2, -0.15) is 0 Å². The minimum Gasteiger partial charge on any atom is -0.493 e. The standard InChI is InChI=1S/C20H33NO2/c1-4-13-23-20-9-8-18(17(3)5-2)16-19(20)7-6-10-21-11-14-22-15-12-21/h8-9,16-17H,4-7,10-15H2,1-3H3. The van der Waals surface area contributed by atoms with Crippen LogP contribution in [0.2, 0.25) is 0 Å². The molecule has 23 heavy (non-hydrogen) atoms. The molecular formula is C20H33NO2. The third kappa shape index (κ3) is 5.82. The van der Waals surface area contributed by atoms with Crippen LogP contribution in [-0.4, -0.2) is 44.4 Å². The lowest BCUT2D eigenvalue weighted by atomic mass is 9.95. The molecular weight excluding hydrogens is 286 g/mol. The van der Waals surface area contributed by atoms with Gasteiger partial charge in [-0.3, -0.25) is 4.90 Å². The summed E-state index contributed by atoms with van der Waals surface area (Å²) in [5.41, 5.74) is 2.82. The van der Waals surface area contributed by atoms with E-state index in [2.05, 4.69) is 43.9 Å². The summed E-state index contributed by atoms with van der Waals surface area (Å²) >= 11 is 0. The summed E-state index contributed by atoms with van der Waals surface area (Å²) in [6, 6.07) is 6.80. The maximum atomic E-state index is 5.96. The Balaban J connectivity index is 1.97. The number of aryl methyl sites for hydroxylation is 1. The van der Waals surface area contributed by atoms with Crippen molar-refractivity contribution in [2.24, 2.45) is 0 Å². The van der Waals surface area contributed by atoms with Crippen molar-refractivity contribution in [3.05, 3.63) is 29.3 Å². The Bertz CT molecular complexity index is 455. The quantitative estimate of drug-likeness (QED) is 0.679. The normalized spacial score (nSPS) is 17.2. The Kier molecular flexibility index (Phi) is 7.90. The first-order chi connectivity index (χ1) is 11.2. The molecule has 0 spiro atoms. The average molecular weight is 319 g/mol. The molecule has 1 saturated heterocycles. The summed E-state index contributed by atoms with van der Waals surface area (Å²) in [5.74, 6) is 1.70. The summed E-state index contributed by atoms with van der Waals surface area (Å²) in [6.07, 6.45) is 4.52. The largest absolute Gasteiger partial charge is 0.493 e. The zero-order valence-corrected chi connectivity index (χ0v) is 15.1. The minimum absolute atomic E-state index is 0.619. The highest BCUT2D eigenvalue weighted by Crippen LogP contribution is 2.27. The van der Waals surface area contributed by atoms with Crippen molar-refractivity contribution in [3.63, 3.8) is 0 Å². The van der Waals surface area contributed by atoms with Crippen molar-refractivity contribution in [2.75, 3.05) is 39.5 Å². The molecule has 1 aliphatic rings. The lowest BCUT2D eigenvalue weighted by Crippen LogP contribution is -2.36. The van der Waals surface area contributed by atoms with Crippen molar-refractivity contribution in [1.29, 1.82) is 0 Å². The fourth-order valence-electron chi connectivity index (χ4n) is 3.01. The molecule has 1 heterocycles. The van der Waals surface area contributed by atoms with Crippen molar-refractivity contribution < 1.29 is 9.47 Å². The molecule has 0 saturated carbocycles. The zero-order valence-electron chi connectivity index (χ0n) is 15.1. The van der Waals surface area contributed by atoms with Gasteiger partial charge in [-0.25, -0.2) is 0 Å². The van der Waals surface area contributed by atoms with Crippen molar-refractivity contribution >= 4 is 0 Å². The van der Waals surface area contributed by atoms with Gasteiger partial charge in [0, 0.05) is 13.1 Å². The topological polar surface area (TPSA) is 21.7 Å². The van der Waals surface area contributed by atoms with Crippen LogP contribution in [0.4, 0.5) is 0 Å². The van der Waals surface area contributed by atoms with Crippen LogP contribution in [0, 0.1) is 0 Å². The molecule has 1 unspecified atom stereocenters. The monoisotopic (exact) mass is 319 g/mol. The second-order valence-electron chi connectivity index (χ2n) is 6.58. The highest BCUT2D eigenvalue weighted by Gasteiger charge is 2.12. The summed E-state index contributed by atoms with van der Waals surface area (Å²) in [6.45, 7) is 12.6. The lowest BCUT2D eigenvalue weighted by molar-refractivity contribution is 0.0374. The lowest BCUT2D eigenvalue weighted by Gasteiger charge is -2.26. The summed E-state index contributed by atoms with van der Waals surface area (Å²) in [5, 5.41) is 0. The summed E-state index contributed by atoms with van der Waals surface area (Å²) < 4.78 is 11.4. The number of hydrogen-bond donors (Lipinski definition) is 0. The van der Waals surface area contributed by atoms with Crippen LogP contribution >= 0.6 is 0 Å². The Morgan fingerprint density at radius 1 is 1.22 bits per heavy atom. The van der Waals surface area contributed by atoms with Crippen LogP contribution in [-0.2, 0) is 11.2 Å². The zero-order chi connectivity index (χ0) is 16.5. The van der Waals surface area contributed by atoms with Crippen molar-refractivity contribution in [2.45, 2.75) is 52.4 Å². The van der Waals surface area contributed by atoms with Gasteiger partial charge >= 0.3 is 0 Å². The first-order valence-electron chi connectivity index (χ1n) is 9.30. The van der Waals surface area contributed by atoms with Gasteiger partial charge in [0.05, 0.1) is 19.8 Å². The Morgan fingerprint density at radius 2 is 2.00 bits per heavy atom. The van der Waals surface area contributed by atoms with E-state index in [1.165, 1.54) is 24.0 Å². The molecule has 1 aromatic rings. The molecule has 0 radical (unpaired) electrons. The number of nitrogens with zero attached hydrogens (tertiary/aromatic N) is 1. The maximum absolute atomic E-state index is 5.96. The van der Waals surface area contributed by atoms with Crippen LogP contribution in [0.5, 0.6) is 5.75 Å². The van der Waals surface area contributed by atoms with E-state index in [0.717, 1.165) is 58.0 Å². The van der Waals surface area contributed by atoms with E-state index in [9.17, 15) is 0 Å². The summed E-state index contributed by atoms with van der Waals surface area (Å²) in [7, 11) is 0. The third-order valence-corrected chi connectivity index (χ3v) is 4.75. The first-order valence-corrected chi connectivity index (χ1v) is 9.30. The van der Waals surface area contributed by atoms with Gasteiger partial charge in [0.15, 0.2) is 0 Å². The number of hydrogen-bond acceptors (Lipinski definition) is 3. The van der Waals surface area contributed by atoms with Gasteiger partial charge in [-0.15, -0.1) is 0 Å². The van der Waals surface area contributed by atoms with Crippen LogP contribution < -0.4 is 4.74 Å². The molecule has 0 N–H and O–H groups in total. The number of morpholine rings is 1. The van der Waals surface area contributed by atoms with E-state index in [0.29, 0.717) is 5.92 Å². The minimum atomic E-state index is 0.619. The van der Waals surface area contributed by atoms with Gasteiger partial charge in [0.25, 0.3) is 0 Å². The third-order valence-electron chi connectivity index (χ3n) is 4.75. The molecule has 0 aromatic heterocycles. The molecule has 1 atom stereocenters. The molecule has 1 aliphatic heterocycles. The highest BCUT2D eigenvalue weighted by molar-refractivity contribution is 5.38. The molecule has 3 heteroatoms. The molecule has 1 aromatic carbocycles. The van der Waals surface area contributed by atoms with Crippen molar-refractivity contribution in [3.8, 4) is 5.75 Å². The summed E-state index contributed by atoms with van der Waals surface area (Å²) in [4.78, 5) is 2.51. The van der Waals surface area contributed by atoms with E-state index < -0.39 is 0 Å². The van der Waals surface area contributed by atoms with Gasteiger partial charge in [-0.05, 0) is 55.3 Å². The van der Waals surface area contributed by atoms with Gasteiger partial charge in [0.1, 0.15) is 5.75 Å². The van der Waals surface area contributed by atoms with Gasteiger partial charge in [-0.1, -0.05) is 32.9 Å². The van der Waals surface area contributed by atoms with E-state index in [1.54, 1.807) is 0 Å². The molecule has 0 amide bonds. The highest BCUT2D eigenvalue weighted by atomic mass is 16.5. The average Bonchev–Trinajstić information content (AvgIpc) is 2.60. The predicted octanol–water partition coefficient (Wildman–Crippen LogP) is 4.25. The Labute approximate surface area is 142 Å². The van der Waals surface area contributed by atoms with Crippen LogP contribution in [0.15, 0.2) is 18.2 Å². The first kappa shape index (κ1) is 18.3. The fourth-order valence-corrected chi connectivity index (χ4v) is 3.01. The molecule has 0 aliphatic carbocycles. The van der Waals surface area contributed by atoms with E-state index >= 15 is 0 Å². The Morgan fingerprint density at radius 3 is 2.70 bits per heavy atom. The molecule has 0 bridgehead atoms. The van der Waals surface area contributed by atoms with Crippen LogP contribution in [0.25, 0.3) is 0 Å². The van der Waals surface area contributed by atoms with E-state index in [1.807, 2.05) is 0 Å². The smallest absolute Gasteiger partial charge is 0.122 e. The Hall–Kier alpha value is -1.06. The molecule has 2 rings (SSSR count). The molecule has 1 fully saturated rings. The molecule has 3 nitrogen and oxygen atoms in total. The van der Waals surface area contributed by atoms with Crippen LogP contribution in [0.1, 0.15) is 57.1 Å². The predicted molar refractivity (Wildman–Crippen MR) is 96.5 cm³/mol. The SMILES string of the molecule is CCCOc1ccc(C(C)CC)cc1CCCN1CCOCC1. The number of benzene rings is 1. The second kappa shape index (κ2) is 9.94. The number of ether oxygens (including phenoxy) is 2.